The summed E-state index contributed by atoms with van der Waals surface area (Å²) in [5, 5.41) is 90.5. The minimum absolute atomic E-state index is 0.00109. The van der Waals surface area contributed by atoms with Gasteiger partial charge in [0.25, 0.3) is 0 Å². The summed E-state index contributed by atoms with van der Waals surface area (Å²) in [6, 6.07) is 0. The molecule has 192 valence electrons. The summed E-state index contributed by atoms with van der Waals surface area (Å²) in [6.07, 6.45) is -21.9. The normalized spacial score (nSPS) is 55.0. The molecule has 9 N–H and O–H groups in total. The molecule has 0 aromatic heterocycles. The Morgan fingerprint density at radius 3 is 1.76 bits per heavy atom. The van der Waals surface area contributed by atoms with E-state index in [1.54, 1.807) is 0 Å². The van der Waals surface area contributed by atoms with Crippen LogP contribution >= 0.6 is 0 Å². The Bertz CT molecular complexity index is 650. The van der Waals surface area contributed by atoms with Crippen LogP contribution in [0.1, 0.15) is 0 Å². The number of aliphatic hydroxyl groups excluding tert-OH is 9. The third-order valence-electron chi connectivity index (χ3n) is 6.32. The number of ether oxygens (including phenoxy) is 6. The summed E-state index contributed by atoms with van der Waals surface area (Å²) in [4.78, 5) is 0. The van der Waals surface area contributed by atoms with E-state index in [2.05, 4.69) is 0 Å². The number of aliphatic hydroxyl groups is 9. The molecule has 0 aromatic carbocycles. The van der Waals surface area contributed by atoms with E-state index >= 15 is 0 Å². The summed E-state index contributed by atoms with van der Waals surface area (Å²) in [6.45, 7) is -1.45. The number of fused-ring (bicyclic) bond motifs is 2. The zero-order valence-electron chi connectivity index (χ0n) is 17.3. The summed E-state index contributed by atoms with van der Waals surface area (Å²) < 4.78 is 32.4. The Hall–Kier alpha value is -0.600. The van der Waals surface area contributed by atoms with E-state index in [0.29, 0.717) is 0 Å². The minimum atomic E-state index is -1.79. The second-order valence-corrected chi connectivity index (χ2v) is 8.46. The monoisotopic (exact) mass is 486 g/mol. The van der Waals surface area contributed by atoms with Crippen LogP contribution in [0.4, 0.5) is 0 Å². The molecule has 0 amide bonds. The molecular formula is C18H30O15. The van der Waals surface area contributed by atoms with Crippen LogP contribution in [-0.2, 0) is 28.4 Å². The van der Waals surface area contributed by atoms with Crippen molar-refractivity contribution >= 4 is 0 Å². The molecule has 15 nitrogen and oxygen atoms in total. The summed E-state index contributed by atoms with van der Waals surface area (Å²) in [5.74, 6) is 0. The fourth-order valence-corrected chi connectivity index (χ4v) is 4.36. The quantitative estimate of drug-likeness (QED) is 0.170. The molecule has 4 heterocycles. The van der Waals surface area contributed by atoms with E-state index in [4.69, 9.17) is 28.4 Å². The van der Waals surface area contributed by atoms with Gasteiger partial charge in [0.05, 0.1) is 19.8 Å². The lowest BCUT2D eigenvalue weighted by Crippen LogP contribution is -2.66. The third-order valence-corrected chi connectivity index (χ3v) is 6.32. The molecule has 4 aliphatic heterocycles. The lowest BCUT2D eigenvalue weighted by Gasteiger charge is -2.47. The SMILES string of the molecule is OCC1OC(OC2C(CO)OC(OC3C4COC(O4)C(O)C3O)C(O)C2O)C(O)C(O)C1O. The van der Waals surface area contributed by atoms with E-state index in [0.717, 1.165) is 0 Å². The highest BCUT2D eigenvalue weighted by atomic mass is 16.8. The molecule has 0 aromatic rings. The highest BCUT2D eigenvalue weighted by Gasteiger charge is 2.55. The minimum Gasteiger partial charge on any atom is -0.394 e. The predicted octanol–water partition coefficient (Wildman–Crippen LogP) is -6.53. The highest BCUT2D eigenvalue weighted by molar-refractivity contribution is 4.97. The van der Waals surface area contributed by atoms with E-state index in [1.165, 1.54) is 0 Å². The van der Waals surface area contributed by atoms with Crippen molar-refractivity contribution in [2.75, 3.05) is 19.8 Å². The zero-order valence-corrected chi connectivity index (χ0v) is 17.3. The topological polar surface area (TPSA) is 237 Å². The van der Waals surface area contributed by atoms with Gasteiger partial charge in [-0.25, -0.2) is 0 Å². The molecule has 15 unspecified atom stereocenters. The number of hydrogen-bond donors (Lipinski definition) is 9. The lowest BCUT2D eigenvalue weighted by atomic mass is 9.96. The van der Waals surface area contributed by atoms with Crippen molar-refractivity contribution in [3.05, 3.63) is 0 Å². The Morgan fingerprint density at radius 2 is 1.12 bits per heavy atom. The van der Waals surface area contributed by atoms with Crippen molar-refractivity contribution in [2.45, 2.75) is 92.1 Å². The van der Waals surface area contributed by atoms with Gasteiger partial charge in [-0.15, -0.1) is 0 Å². The van der Waals surface area contributed by atoms with Crippen LogP contribution in [0.3, 0.4) is 0 Å². The maximum Gasteiger partial charge on any atom is 0.187 e. The molecular weight excluding hydrogens is 456 g/mol. The van der Waals surface area contributed by atoms with Crippen LogP contribution in [0.2, 0.25) is 0 Å². The van der Waals surface area contributed by atoms with Gasteiger partial charge in [0.2, 0.25) is 0 Å². The van der Waals surface area contributed by atoms with Crippen LogP contribution in [0, 0.1) is 0 Å². The van der Waals surface area contributed by atoms with Gasteiger partial charge in [-0.3, -0.25) is 0 Å². The average Bonchev–Trinajstić information content (AvgIpc) is 3.26. The van der Waals surface area contributed by atoms with Gasteiger partial charge in [0.15, 0.2) is 18.9 Å². The fraction of sp³-hybridized carbons (Fsp3) is 1.00. The Balaban J connectivity index is 1.44. The van der Waals surface area contributed by atoms with Crippen molar-refractivity contribution < 1.29 is 74.4 Å². The van der Waals surface area contributed by atoms with Gasteiger partial charge < -0.3 is 74.4 Å². The molecule has 2 bridgehead atoms. The first-order chi connectivity index (χ1) is 15.7. The molecule has 0 spiro atoms. The standard InChI is InChI=1S/C18H30O15/c19-1-4-7(21)8(22)11(25)17(29-4)32-14-5(2-20)30-18(13(27)10(14)24)33-15-6-3-28-16(31-6)12(26)9(15)23/h4-27H,1-3H2. The molecule has 4 saturated heterocycles. The van der Waals surface area contributed by atoms with Crippen molar-refractivity contribution in [2.24, 2.45) is 0 Å². The first kappa shape index (κ1) is 25.5. The zero-order chi connectivity index (χ0) is 24.0. The molecule has 15 atom stereocenters. The third kappa shape index (κ3) is 4.65. The highest BCUT2D eigenvalue weighted by Crippen LogP contribution is 2.34. The molecule has 33 heavy (non-hydrogen) atoms. The summed E-state index contributed by atoms with van der Waals surface area (Å²) >= 11 is 0. The molecule has 0 radical (unpaired) electrons. The molecule has 4 rings (SSSR count). The number of rotatable bonds is 6. The Morgan fingerprint density at radius 1 is 0.576 bits per heavy atom. The van der Waals surface area contributed by atoms with Gasteiger partial charge in [-0.1, -0.05) is 0 Å². The van der Waals surface area contributed by atoms with Crippen LogP contribution in [0.25, 0.3) is 0 Å². The van der Waals surface area contributed by atoms with Gasteiger partial charge in [-0.2, -0.15) is 0 Å². The summed E-state index contributed by atoms with van der Waals surface area (Å²) in [5.41, 5.74) is 0. The largest absolute Gasteiger partial charge is 0.394 e. The Labute approximate surface area is 187 Å². The maximum absolute atomic E-state index is 10.6. The lowest BCUT2D eigenvalue weighted by molar-refractivity contribution is -0.371. The van der Waals surface area contributed by atoms with Crippen LogP contribution in [-0.4, -0.2) is 158 Å². The maximum atomic E-state index is 10.6. The van der Waals surface area contributed by atoms with E-state index < -0.39 is 105 Å². The molecule has 4 aliphatic rings. The van der Waals surface area contributed by atoms with Gasteiger partial charge in [-0.05, 0) is 0 Å². The fourth-order valence-electron chi connectivity index (χ4n) is 4.36. The van der Waals surface area contributed by atoms with Gasteiger partial charge >= 0.3 is 0 Å². The van der Waals surface area contributed by atoms with Crippen molar-refractivity contribution in [3.8, 4) is 0 Å². The van der Waals surface area contributed by atoms with Crippen molar-refractivity contribution in [1.29, 1.82) is 0 Å². The van der Waals surface area contributed by atoms with Crippen LogP contribution in [0.5, 0.6) is 0 Å². The predicted molar refractivity (Wildman–Crippen MR) is 97.9 cm³/mol. The summed E-state index contributed by atoms with van der Waals surface area (Å²) in [7, 11) is 0. The van der Waals surface area contributed by atoms with Crippen LogP contribution < -0.4 is 0 Å². The van der Waals surface area contributed by atoms with E-state index in [9.17, 15) is 46.0 Å². The second kappa shape index (κ2) is 10.2. The first-order valence-corrected chi connectivity index (χ1v) is 10.5. The number of hydrogen-bond acceptors (Lipinski definition) is 15. The molecule has 0 aliphatic carbocycles. The molecule has 0 saturated carbocycles. The van der Waals surface area contributed by atoms with Gasteiger partial charge in [0, 0.05) is 0 Å². The smallest absolute Gasteiger partial charge is 0.187 e. The van der Waals surface area contributed by atoms with Gasteiger partial charge in [0.1, 0.15) is 73.2 Å². The Kier molecular flexibility index (Phi) is 7.86. The van der Waals surface area contributed by atoms with E-state index in [1.807, 2.05) is 0 Å². The van der Waals surface area contributed by atoms with Crippen molar-refractivity contribution in [3.63, 3.8) is 0 Å². The van der Waals surface area contributed by atoms with Crippen molar-refractivity contribution in [1.82, 2.24) is 0 Å². The molecule has 15 heteroatoms. The molecule has 4 fully saturated rings. The average molecular weight is 486 g/mol. The second-order valence-electron chi connectivity index (χ2n) is 8.46. The van der Waals surface area contributed by atoms with Crippen LogP contribution in [0.15, 0.2) is 0 Å². The van der Waals surface area contributed by atoms with E-state index in [-0.39, 0.29) is 6.61 Å². The first-order valence-electron chi connectivity index (χ1n) is 10.5.